The summed E-state index contributed by atoms with van der Waals surface area (Å²) in [6.45, 7) is 6.88. The van der Waals surface area contributed by atoms with Crippen molar-refractivity contribution in [2.24, 2.45) is 16.3 Å². The number of carbonyl (C=O) groups excluding carboxylic acids is 1. The molecule has 32 heavy (non-hydrogen) atoms. The first-order chi connectivity index (χ1) is 15.2. The first-order valence-corrected chi connectivity index (χ1v) is 12.3. The van der Waals surface area contributed by atoms with Crippen molar-refractivity contribution in [3.8, 4) is 0 Å². The highest BCUT2D eigenvalue weighted by molar-refractivity contribution is 7.16. The third-order valence-electron chi connectivity index (χ3n) is 6.01. The molecular weight excluding hydrogens is 459 g/mol. The molecule has 0 spiro atoms. The maximum Gasteiger partial charge on any atom is 0.259 e. The van der Waals surface area contributed by atoms with Crippen LogP contribution in [0.1, 0.15) is 53.6 Å². The van der Waals surface area contributed by atoms with Gasteiger partial charge in [0.2, 0.25) is 0 Å². The van der Waals surface area contributed by atoms with Gasteiger partial charge >= 0.3 is 0 Å². The van der Waals surface area contributed by atoms with Crippen LogP contribution >= 0.6 is 34.5 Å². The predicted molar refractivity (Wildman–Crippen MR) is 137 cm³/mol. The predicted octanol–water partition coefficient (Wildman–Crippen LogP) is 8.21. The molecule has 0 saturated carbocycles. The second-order valence-electron chi connectivity index (χ2n) is 9.23. The summed E-state index contributed by atoms with van der Waals surface area (Å²) in [7, 11) is 0. The monoisotopic (exact) mass is 484 g/mol. The molecule has 0 bridgehead atoms. The minimum Gasteiger partial charge on any atom is -0.322 e. The second-order valence-corrected chi connectivity index (χ2v) is 11.2. The van der Waals surface area contributed by atoms with Gasteiger partial charge in [0.15, 0.2) is 0 Å². The van der Waals surface area contributed by atoms with Crippen molar-refractivity contribution in [3.63, 3.8) is 0 Å². The lowest BCUT2D eigenvalue weighted by molar-refractivity contribution is 0.102. The number of aliphatic imine (C=N–C) groups is 1. The quantitative estimate of drug-likeness (QED) is 0.372. The second kappa shape index (κ2) is 9.38. The number of nitrogens with one attached hydrogen (secondary N) is 1. The average Bonchev–Trinajstić information content (AvgIpc) is 3.11. The van der Waals surface area contributed by atoms with Crippen molar-refractivity contribution in [2.75, 3.05) is 5.32 Å². The maximum atomic E-state index is 13.3. The van der Waals surface area contributed by atoms with Gasteiger partial charge in [0.1, 0.15) is 5.00 Å². The summed E-state index contributed by atoms with van der Waals surface area (Å²) in [5, 5.41) is 4.88. The zero-order valence-electron chi connectivity index (χ0n) is 18.4. The number of amides is 1. The van der Waals surface area contributed by atoms with Crippen molar-refractivity contribution in [1.82, 2.24) is 0 Å². The summed E-state index contributed by atoms with van der Waals surface area (Å²) in [6, 6.07) is 14.8. The molecule has 0 unspecified atom stereocenters. The molecule has 1 amide bonds. The molecule has 1 atom stereocenters. The number of hydrogen-bond acceptors (Lipinski definition) is 3. The third-order valence-corrected chi connectivity index (χ3v) is 7.74. The van der Waals surface area contributed by atoms with E-state index >= 15 is 0 Å². The molecule has 0 radical (unpaired) electrons. The molecule has 1 aliphatic carbocycles. The van der Waals surface area contributed by atoms with Gasteiger partial charge in [0.05, 0.1) is 10.6 Å². The molecule has 3 aromatic rings. The third kappa shape index (κ3) is 5.09. The number of carbonyl (C=O) groups is 1. The lowest BCUT2D eigenvalue weighted by Crippen LogP contribution is -2.27. The van der Waals surface area contributed by atoms with Crippen LogP contribution in [0, 0.1) is 11.3 Å². The lowest BCUT2D eigenvalue weighted by Gasteiger charge is -2.33. The summed E-state index contributed by atoms with van der Waals surface area (Å²) in [4.78, 5) is 19.3. The van der Waals surface area contributed by atoms with Gasteiger partial charge in [-0.3, -0.25) is 4.79 Å². The SMILES string of the molecule is CC(C)(C)[C@@H]1CCc2c(sc(N=Cc3ccc(Cl)cc3Cl)c2C(=O)Nc2ccccc2)C1. The van der Waals surface area contributed by atoms with Crippen LogP contribution in [0.25, 0.3) is 0 Å². The van der Waals surface area contributed by atoms with Crippen LogP contribution < -0.4 is 5.32 Å². The van der Waals surface area contributed by atoms with Crippen LogP contribution in [0.15, 0.2) is 53.5 Å². The van der Waals surface area contributed by atoms with Gasteiger partial charge in [-0.1, -0.05) is 68.2 Å². The summed E-state index contributed by atoms with van der Waals surface area (Å²) in [6.07, 6.45) is 4.66. The number of fused-ring (bicyclic) bond motifs is 1. The van der Waals surface area contributed by atoms with Crippen molar-refractivity contribution < 1.29 is 4.79 Å². The number of anilines is 1. The highest BCUT2D eigenvalue weighted by Gasteiger charge is 2.33. The van der Waals surface area contributed by atoms with Crippen LogP contribution in [0.4, 0.5) is 10.7 Å². The first-order valence-electron chi connectivity index (χ1n) is 10.7. The zero-order chi connectivity index (χ0) is 22.9. The largest absolute Gasteiger partial charge is 0.322 e. The fourth-order valence-corrected chi connectivity index (χ4v) is 5.81. The van der Waals surface area contributed by atoms with Crippen LogP contribution in [-0.2, 0) is 12.8 Å². The number of halogens is 2. The first kappa shape index (κ1) is 23.0. The Kier molecular flexibility index (Phi) is 6.75. The fraction of sp³-hybridized carbons (Fsp3) is 0.308. The minimum atomic E-state index is -0.114. The van der Waals surface area contributed by atoms with Gasteiger partial charge in [-0.25, -0.2) is 4.99 Å². The molecule has 0 aliphatic heterocycles. The van der Waals surface area contributed by atoms with Crippen LogP contribution in [0.5, 0.6) is 0 Å². The maximum absolute atomic E-state index is 13.3. The molecule has 1 N–H and O–H groups in total. The molecular formula is C26H26Cl2N2OS. The number of benzene rings is 2. The number of thiophene rings is 1. The summed E-state index contributed by atoms with van der Waals surface area (Å²) in [5.41, 5.74) is 3.59. The smallest absolute Gasteiger partial charge is 0.259 e. The number of para-hydroxylation sites is 1. The summed E-state index contributed by atoms with van der Waals surface area (Å²) in [5.74, 6) is 0.471. The van der Waals surface area contributed by atoms with E-state index in [9.17, 15) is 4.79 Å². The van der Waals surface area contributed by atoms with Crippen LogP contribution in [0.3, 0.4) is 0 Å². The number of rotatable bonds is 4. The molecule has 2 aromatic carbocycles. The van der Waals surface area contributed by atoms with Gasteiger partial charge in [-0.15, -0.1) is 11.3 Å². The summed E-state index contributed by atoms with van der Waals surface area (Å²) >= 11 is 14.0. The molecule has 6 heteroatoms. The van der Waals surface area contributed by atoms with Crippen molar-refractivity contribution >= 4 is 57.3 Å². The molecule has 1 aromatic heterocycles. The van der Waals surface area contributed by atoms with Gasteiger partial charge < -0.3 is 5.32 Å². The van der Waals surface area contributed by atoms with E-state index in [0.717, 1.165) is 41.1 Å². The van der Waals surface area contributed by atoms with Gasteiger partial charge in [0, 0.05) is 27.4 Å². The number of hydrogen-bond donors (Lipinski definition) is 1. The Labute approximate surface area is 203 Å². The standard InChI is InChI=1S/C26H26Cl2N2OS/c1-26(2,3)17-10-12-20-22(13-17)32-25(29-15-16-9-11-18(27)14-21(16)28)23(20)24(31)30-19-7-5-4-6-8-19/h4-9,11,14-15,17H,10,12-13H2,1-3H3,(H,30,31)/t17-/m1/s1. The molecule has 4 rings (SSSR count). The lowest BCUT2D eigenvalue weighted by atomic mass is 9.72. The highest BCUT2D eigenvalue weighted by Crippen LogP contribution is 2.45. The summed E-state index contributed by atoms with van der Waals surface area (Å²) < 4.78 is 0. The van der Waals surface area contributed by atoms with E-state index < -0.39 is 0 Å². The van der Waals surface area contributed by atoms with E-state index in [2.05, 4.69) is 26.1 Å². The Morgan fingerprint density at radius 2 is 1.91 bits per heavy atom. The van der Waals surface area contributed by atoms with Gasteiger partial charge in [0.25, 0.3) is 5.91 Å². The van der Waals surface area contributed by atoms with E-state index in [1.807, 2.05) is 36.4 Å². The van der Waals surface area contributed by atoms with Crippen molar-refractivity contribution in [2.45, 2.75) is 40.0 Å². The van der Waals surface area contributed by atoms with Gasteiger partial charge in [-0.05, 0) is 60.4 Å². The molecule has 1 aliphatic rings. The number of nitrogens with zero attached hydrogens (tertiary/aromatic N) is 1. The van der Waals surface area contributed by atoms with E-state index in [1.54, 1.807) is 29.7 Å². The normalized spacial score (nSPS) is 16.2. The minimum absolute atomic E-state index is 0.114. The Hall–Kier alpha value is -2.14. The molecule has 0 saturated heterocycles. The van der Waals surface area contributed by atoms with E-state index in [1.165, 1.54) is 4.88 Å². The van der Waals surface area contributed by atoms with Gasteiger partial charge in [-0.2, -0.15) is 0 Å². The Bertz CT molecular complexity index is 1160. The zero-order valence-corrected chi connectivity index (χ0v) is 20.7. The highest BCUT2D eigenvalue weighted by atomic mass is 35.5. The molecule has 0 fully saturated rings. The van der Waals surface area contributed by atoms with Crippen molar-refractivity contribution in [1.29, 1.82) is 0 Å². The Morgan fingerprint density at radius 3 is 2.59 bits per heavy atom. The fourth-order valence-electron chi connectivity index (χ4n) is 4.09. The average molecular weight is 485 g/mol. The van der Waals surface area contributed by atoms with Crippen LogP contribution in [0.2, 0.25) is 10.0 Å². The van der Waals surface area contributed by atoms with E-state index in [4.69, 9.17) is 28.2 Å². The van der Waals surface area contributed by atoms with Crippen LogP contribution in [-0.4, -0.2) is 12.1 Å². The Morgan fingerprint density at radius 1 is 1.16 bits per heavy atom. The van der Waals surface area contributed by atoms with E-state index in [-0.39, 0.29) is 11.3 Å². The topological polar surface area (TPSA) is 41.5 Å². The molecule has 3 nitrogen and oxygen atoms in total. The van der Waals surface area contributed by atoms with Crippen molar-refractivity contribution in [3.05, 3.63) is 80.1 Å². The molecule has 166 valence electrons. The molecule has 1 heterocycles. The Balaban J connectivity index is 1.72. The van der Waals surface area contributed by atoms with E-state index in [0.29, 0.717) is 21.5 Å².